The van der Waals surface area contributed by atoms with E-state index >= 15 is 0 Å². The number of aliphatic hydroxyl groups is 2. The SMILES string of the molecule is CCC(O)(CC)C12CC3CC(C1)CC(C(O)(CC)CC)(C3)C2. The van der Waals surface area contributed by atoms with E-state index in [1.165, 1.54) is 32.1 Å². The van der Waals surface area contributed by atoms with Gasteiger partial charge < -0.3 is 10.2 Å². The van der Waals surface area contributed by atoms with E-state index in [4.69, 9.17) is 0 Å². The summed E-state index contributed by atoms with van der Waals surface area (Å²) >= 11 is 0. The number of rotatable bonds is 6. The van der Waals surface area contributed by atoms with Gasteiger partial charge in [0, 0.05) is 10.8 Å². The Morgan fingerprint density at radius 1 is 0.727 bits per heavy atom. The zero-order chi connectivity index (χ0) is 16.2. The van der Waals surface area contributed by atoms with E-state index in [2.05, 4.69) is 27.7 Å². The van der Waals surface area contributed by atoms with Crippen molar-refractivity contribution in [3.63, 3.8) is 0 Å². The Hall–Kier alpha value is -0.0800. The van der Waals surface area contributed by atoms with Crippen LogP contribution in [0.1, 0.15) is 91.9 Å². The summed E-state index contributed by atoms with van der Waals surface area (Å²) in [6, 6.07) is 0. The second-order valence-corrected chi connectivity index (χ2v) is 9.00. The molecule has 4 bridgehead atoms. The van der Waals surface area contributed by atoms with E-state index < -0.39 is 11.2 Å². The molecule has 0 unspecified atom stereocenters. The summed E-state index contributed by atoms with van der Waals surface area (Å²) in [7, 11) is 0. The molecule has 2 heteroatoms. The largest absolute Gasteiger partial charge is 0.389 e. The van der Waals surface area contributed by atoms with Crippen molar-refractivity contribution >= 4 is 0 Å². The molecule has 4 fully saturated rings. The van der Waals surface area contributed by atoms with Crippen LogP contribution in [0, 0.1) is 22.7 Å². The van der Waals surface area contributed by atoms with Gasteiger partial charge in [0.1, 0.15) is 0 Å². The summed E-state index contributed by atoms with van der Waals surface area (Å²) < 4.78 is 0. The minimum Gasteiger partial charge on any atom is -0.389 e. The van der Waals surface area contributed by atoms with E-state index in [-0.39, 0.29) is 10.8 Å². The van der Waals surface area contributed by atoms with Crippen molar-refractivity contribution in [2.24, 2.45) is 22.7 Å². The third-order valence-corrected chi connectivity index (χ3v) is 8.37. The van der Waals surface area contributed by atoms with Crippen molar-refractivity contribution in [3.8, 4) is 0 Å². The van der Waals surface area contributed by atoms with Crippen LogP contribution in [-0.4, -0.2) is 21.4 Å². The van der Waals surface area contributed by atoms with Gasteiger partial charge in [-0.25, -0.2) is 0 Å². The van der Waals surface area contributed by atoms with Crippen molar-refractivity contribution in [3.05, 3.63) is 0 Å². The molecule has 0 aromatic carbocycles. The Balaban J connectivity index is 2.04. The molecule has 4 rings (SSSR count). The Kier molecular flexibility index (Phi) is 3.97. The van der Waals surface area contributed by atoms with Crippen LogP contribution in [0.15, 0.2) is 0 Å². The van der Waals surface area contributed by atoms with Crippen molar-refractivity contribution in [1.82, 2.24) is 0 Å². The molecule has 0 aromatic rings. The average molecular weight is 309 g/mol. The fourth-order valence-corrected chi connectivity index (χ4v) is 7.35. The van der Waals surface area contributed by atoms with E-state index in [1.807, 2.05) is 0 Å². The van der Waals surface area contributed by atoms with Gasteiger partial charge in [-0.05, 0) is 76.0 Å². The van der Waals surface area contributed by atoms with E-state index in [0.717, 1.165) is 43.9 Å². The third kappa shape index (κ3) is 1.99. The summed E-state index contributed by atoms with van der Waals surface area (Å²) in [5.41, 5.74) is -0.922. The molecule has 4 saturated carbocycles. The standard InChI is InChI=1S/C20H36O2/c1-5-19(21,6-2)17-10-15-9-16(11-17)13-18(12-15,14-17)20(22,7-3)8-4/h15-16,21-22H,5-14H2,1-4H3. The molecule has 0 spiro atoms. The first-order chi connectivity index (χ1) is 10.3. The fraction of sp³-hybridized carbons (Fsp3) is 1.00. The molecule has 2 nitrogen and oxygen atoms in total. The van der Waals surface area contributed by atoms with Crippen LogP contribution in [0.5, 0.6) is 0 Å². The lowest BCUT2D eigenvalue weighted by molar-refractivity contribution is -0.255. The average Bonchev–Trinajstić information content (AvgIpc) is 2.51. The number of hydrogen-bond donors (Lipinski definition) is 2. The molecule has 0 aliphatic heterocycles. The quantitative estimate of drug-likeness (QED) is 0.748. The van der Waals surface area contributed by atoms with E-state index in [9.17, 15) is 10.2 Å². The fourth-order valence-electron chi connectivity index (χ4n) is 7.35. The molecule has 0 saturated heterocycles. The van der Waals surface area contributed by atoms with Crippen LogP contribution in [0.25, 0.3) is 0 Å². The molecular weight excluding hydrogens is 272 g/mol. The highest BCUT2D eigenvalue weighted by atomic mass is 16.3. The van der Waals surface area contributed by atoms with Gasteiger partial charge >= 0.3 is 0 Å². The van der Waals surface area contributed by atoms with Gasteiger partial charge in [-0.1, -0.05) is 27.7 Å². The van der Waals surface area contributed by atoms with Crippen LogP contribution >= 0.6 is 0 Å². The van der Waals surface area contributed by atoms with Crippen molar-refractivity contribution in [2.75, 3.05) is 0 Å². The first-order valence-electron chi connectivity index (χ1n) is 9.76. The van der Waals surface area contributed by atoms with E-state index in [1.54, 1.807) is 0 Å². The summed E-state index contributed by atoms with van der Waals surface area (Å²) in [4.78, 5) is 0. The number of hydrogen-bond acceptors (Lipinski definition) is 2. The van der Waals surface area contributed by atoms with Gasteiger partial charge in [0.25, 0.3) is 0 Å². The molecular formula is C20H36O2. The second kappa shape index (κ2) is 5.21. The molecule has 2 N–H and O–H groups in total. The predicted octanol–water partition coefficient (Wildman–Crippen LogP) is 4.68. The highest BCUT2D eigenvalue weighted by Crippen LogP contribution is 2.72. The summed E-state index contributed by atoms with van der Waals surface area (Å²) in [6.07, 6.45) is 10.6. The maximum atomic E-state index is 11.4. The highest BCUT2D eigenvalue weighted by molar-refractivity contribution is 5.17. The maximum absolute atomic E-state index is 11.4. The van der Waals surface area contributed by atoms with Crippen LogP contribution in [-0.2, 0) is 0 Å². The zero-order valence-electron chi connectivity index (χ0n) is 15.1. The molecule has 0 aromatic heterocycles. The topological polar surface area (TPSA) is 40.5 Å². The van der Waals surface area contributed by atoms with Gasteiger partial charge in [0.2, 0.25) is 0 Å². The summed E-state index contributed by atoms with van der Waals surface area (Å²) in [6.45, 7) is 8.61. The van der Waals surface area contributed by atoms with Gasteiger partial charge in [0.05, 0.1) is 11.2 Å². The van der Waals surface area contributed by atoms with Crippen LogP contribution in [0.3, 0.4) is 0 Å². The molecule has 128 valence electrons. The lowest BCUT2D eigenvalue weighted by atomic mass is 9.37. The van der Waals surface area contributed by atoms with E-state index in [0.29, 0.717) is 0 Å². The molecule has 4 aliphatic rings. The second-order valence-electron chi connectivity index (χ2n) is 9.00. The van der Waals surface area contributed by atoms with Gasteiger partial charge in [-0.2, -0.15) is 0 Å². The first-order valence-corrected chi connectivity index (χ1v) is 9.76. The zero-order valence-corrected chi connectivity index (χ0v) is 15.1. The van der Waals surface area contributed by atoms with Gasteiger partial charge in [-0.15, -0.1) is 0 Å². The Bertz CT molecular complexity index is 369. The van der Waals surface area contributed by atoms with Gasteiger partial charge in [-0.3, -0.25) is 0 Å². The maximum Gasteiger partial charge on any atom is 0.0698 e. The van der Waals surface area contributed by atoms with Gasteiger partial charge in [0.15, 0.2) is 0 Å². The van der Waals surface area contributed by atoms with Crippen molar-refractivity contribution in [2.45, 2.75) is 103 Å². The summed E-state index contributed by atoms with van der Waals surface area (Å²) in [5.74, 6) is 1.46. The predicted molar refractivity (Wildman–Crippen MR) is 90.6 cm³/mol. The van der Waals surface area contributed by atoms with Crippen LogP contribution in [0.2, 0.25) is 0 Å². The minimum atomic E-state index is -0.529. The molecule has 0 heterocycles. The van der Waals surface area contributed by atoms with Crippen molar-refractivity contribution < 1.29 is 10.2 Å². The smallest absolute Gasteiger partial charge is 0.0698 e. The normalized spacial score (nSPS) is 41.2. The van der Waals surface area contributed by atoms with Crippen molar-refractivity contribution in [1.29, 1.82) is 0 Å². The Labute approximate surface area is 136 Å². The molecule has 0 radical (unpaired) electrons. The first kappa shape index (κ1) is 16.8. The molecule has 22 heavy (non-hydrogen) atoms. The lowest BCUT2D eigenvalue weighted by Gasteiger charge is -2.69. The minimum absolute atomic E-state index is 0.0684. The molecule has 0 amide bonds. The summed E-state index contributed by atoms with van der Waals surface area (Å²) in [5, 5.41) is 22.9. The lowest BCUT2D eigenvalue weighted by Crippen LogP contribution is -2.66. The Morgan fingerprint density at radius 3 is 1.32 bits per heavy atom. The molecule has 4 aliphatic carbocycles. The highest BCUT2D eigenvalue weighted by Gasteiger charge is 2.67. The monoisotopic (exact) mass is 308 g/mol. The third-order valence-electron chi connectivity index (χ3n) is 8.37. The van der Waals surface area contributed by atoms with Crippen LogP contribution < -0.4 is 0 Å². The molecule has 0 atom stereocenters. The Morgan fingerprint density at radius 2 is 1.05 bits per heavy atom. The van der Waals surface area contributed by atoms with Crippen LogP contribution in [0.4, 0.5) is 0 Å².